The topological polar surface area (TPSA) is 72.9 Å². The van der Waals surface area contributed by atoms with Crippen LogP contribution in [0.4, 0.5) is 15.8 Å². The zero-order valence-electron chi connectivity index (χ0n) is 14.2. The summed E-state index contributed by atoms with van der Waals surface area (Å²) in [7, 11) is 0. The van der Waals surface area contributed by atoms with Gasteiger partial charge in [-0.15, -0.1) is 0 Å². The molecule has 0 aliphatic carbocycles. The van der Waals surface area contributed by atoms with Crippen molar-refractivity contribution in [2.45, 2.75) is 0 Å². The molecule has 0 aromatic heterocycles. The van der Waals surface area contributed by atoms with E-state index in [1.54, 1.807) is 24.3 Å². The molecule has 26 heavy (non-hydrogen) atoms. The van der Waals surface area contributed by atoms with E-state index in [4.69, 9.17) is 5.11 Å². The van der Waals surface area contributed by atoms with Gasteiger partial charge in [0.15, 0.2) is 0 Å². The first-order valence-corrected chi connectivity index (χ1v) is 8.37. The van der Waals surface area contributed by atoms with Gasteiger partial charge in [-0.05, 0) is 48.5 Å². The minimum Gasteiger partial charge on any atom is -0.478 e. The summed E-state index contributed by atoms with van der Waals surface area (Å²) in [5.74, 6) is -1.40. The van der Waals surface area contributed by atoms with Crippen LogP contribution < -0.4 is 10.2 Å². The summed E-state index contributed by atoms with van der Waals surface area (Å²) in [6, 6.07) is 12.5. The molecule has 0 bridgehead atoms. The summed E-state index contributed by atoms with van der Waals surface area (Å²) in [4.78, 5) is 27.2. The second-order valence-electron chi connectivity index (χ2n) is 6.17. The first kappa shape index (κ1) is 17.9. The van der Waals surface area contributed by atoms with Gasteiger partial charge in [0.05, 0.1) is 12.1 Å². The zero-order valence-corrected chi connectivity index (χ0v) is 14.2. The summed E-state index contributed by atoms with van der Waals surface area (Å²) in [6.45, 7) is 3.27. The number of carboxylic acid groups (broad SMARTS) is 1. The molecule has 0 radical (unpaired) electrons. The number of aromatic carboxylic acids is 1. The maximum absolute atomic E-state index is 12.9. The smallest absolute Gasteiger partial charge is 0.335 e. The number of carbonyl (C=O) groups excluding carboxylic acids is 1. The molecule has 2 aromatic carbocycles. The number of halogens is 1. The van der Waals surface area contributed by atoms with Gasteiger partial charge >= 0.3 is 5.97 Å². The molecule has 0 atom stereocenters. The molecule has 2 aromatic rings. The number of carboxylic acids is 1. The molecule has 1 amide bonds. The van der Waals surface area contributed by atoms with Crippen LogP contribution in [0, 0.1) is 5.82 Å². The third-order valence-corrected chi connectivity index (χ3v) is 4.35. The molecule has 1 aliphatic heterocycles. The lowest BCUT2D eigenvalue weighted by molar-refractivity contribution is -0.117. The summed E-state index contributed by atoms with van der Waals surface area (Å²) in [5, 5.41) is 11.7. The Kier molecular flexibility index (Phi) is 5.48. The fourth-order valence-electron chi connectivity index (χ4n) is 2.92. The largest absolute Gasteiger partial charge is 0.478 e. The number of rotatable bonds is 5. The SMILES string of the molecule is O=C(CN1CCN(c2ccc(C(=O)O)cc2)CC1)Nc1ccc(F)cc1. The van der Waals surface area contributed by atoms with Crippen LogP contribution in [0.15, 0.2) is 48.5 Å². The van der Waals surface area contributed by atoms with Crippen molar-refractivity contribution < 1.29 is 19.1 Å². The lowest BCUT2D eigenvalue weighted by Gasteiger charge is -2.35. The summed E-state index contributed by atoms with van der Waals surface area (Å²) in [6.07, 6.45) is 0. The molecule has 3 rings (SSSR count). The van der Waals surface area contributed by atoms with E-state index >= 15 is 0 Å². The van der Waals surface area contributed by atoms with E-state index in [0.29, 0.717) is 5.69 Å². The zero-order chi connectivity index (χ0) is 18.5. The fourth-order valence-corrected chi connectivity index (χ4v) is 2.92. The fraction of sp³-hybridized carbons (Fsp3) is 0.263. The molecule has 1 heterocycles. The molecular weight excluding hydrogens is 337 g/mol. The van der Waals surface area contributed by atoms with Gasteiger partial charge in [0, 0.05) is 37.6 Å². The Balaban J connectivity index is 1.48. The Morgan fingerprint density at radius 1 is 0.962 bits per heavy atom. The van der Waals surface area contributed by atoms with Crippen LogP contribution in [0.2, 0.25) is 0 Å². The number of nitrogens with zero attached hydrogens (tertiary/aromatic N) is 2. The van der Waals surface area contributed by atoms with E-state index in [2.05, 4.69) is 15.1 Å². The van der Waals surface area contributed by atoms with Crippen molar-refractivity contribution in [1.82, 2.24) is 4.90 Å². The van der Waals surface area contributed by atoms with E-state index in [9.17, 15) is 14.0 Å². The molecule has 0 saturated carbocycles. The molecular formula is C19H20FN3O3. The van der Waals surface area contributed by atoms with Gasteiger partial charge < -0.3 is 15.3 Å². The number of hydrogen-bond acceptors (Lipinski definition) is 4. The van der Waals surface area contributed by atoms with Gasteiger partial charge in [0.25, 0.3) is 0 Å². The highest BCUT2D eigenvalue weighted by Crippen LogP contribution is 2.17. The van der Waals surface area contributed by atoms with E-state index in [-0.39, 0.29) is 23.8 Å². The van der Waals surface area contributed by atoms with Crippen molar-refractivity contribution in [2.24, 2.45) is 0 Å². The number of nitrogens with one attached hydrogen (secondary N) is 1. The van der Waals surface area contributed by atoms with E-state index in [0.717, 1.165) is 31.9 Å². The minimum atomic E-state index is -0.937. The highest BCUT2D eigenvalue weighted by Gasteiger charge is 2.19. The van der Waals surface area contributed by atoms with Gasteiger partial charge in [-0.25, -0.2) is 9.18 Å². The Hall–Kier alpha value is -2.93. The third kappa shape index (κ3) is 4.58. The normalized spacial score (nSPS) is 14.9. The third-order valence-electron chi connectivity index (χ3n) is 4.35. The summed E-state index contributed by atoms with van der Waals surface area (Å²) < 4.78 is 12.9. The quantitative estimate of drug-likeness (QED) is 0.859. The second-order valence-corrected chi connectivity index (χ2v) is 6.17. The number of anilines is 2. The molecule has 1 aliphatic rings. The second kappa shape index (κ2) is 7.97. The first-order chi connectivity index (χ1) is 12.5. The van der Waals surface area contributed by atoms with E-state index in [1.807, 2.05) is 0 Å². The predicted molar refractivity (Wildman–Crippen MR) is 97.1 cm³/mol. The Morgan fingerprint density at radius 3 is 2.15 bits per heavy atom. The summed E-state index contributed by atoms with van der Waals surface area (Å²) >= 11 is 0. The molecule has 1 saturated heterocycles. The maximum atomic E-state index is 12.9. The van der Waals surface area contributed by atoms with Crippen LogP contribution in [0.3, 0.4) is 0 Å². The van der Waals surface area contributed by atoms with Crippen molar-refractivity contribution in [3.05, 3.63) is 59.9 Å². The molecule has 1 fully saturated rings. The molecule has 6 nitrogen and oxygen atoms in total. The van der Waals surface area contributed by atoms with Crippen LogP contribution in [-0.4, -0.2) is 54.6 Å². The van der Waals surface area contributed by atoms with Crippen LogP contribution >= 0.6 is 0 Å². The number of benzene rings is 2. The van der Waals surface area contributed by atoms with Gasteiger partial charge in [0.2, 0.25) is 5.91 Å². The average Bonchev–Trinajstić information content (AvgIpc) is 2.64. The molecule has 136 valence electrons. The number of amides is 1. The Labute approximate surface area is 150 Å². The lowest BCUT2D eigenvalue weighted by Crippen LogP contribution is -2.48. The molecule has 7 heteroatoms. The van der Waals surface area contributed by atoms with Crippen molar-refractivity contribution in [2.75, 3.05) is 42.9 Å². The van der Waals surface area contributed by atoms with Crippen molar-refractivity contribution in [3.8, 4) is 0 Å². The highest BCUT2D eigenvalue weighted by molar-refractivity contribution is 5.92. The molecule has 0 unspecified atom stereocenters. The molecule has 2 N–H and O–H groups in total. The van der Waals surface area contributed by atoms with E-state index in [1.165, 1.54) is 24.3 Å². The summed E-state index contributed by atoms with van der Waals surface area (Å²) in [5.41, 5.74) is 1.82. The van der Waals surface area contributed by atoms with Gasteiger partial charge in [-0.2, -0.15) is 0 Å². The van der Waals surface area contributed by atoms with Crippen LogP contribution in [-0.2, 0) is 4.79 Å². The first-order valence-electron chi connectivity index (χ1n) is 8.37. The monoisotopic (exact) mass is 357 g/mol. The van der Waals surface area contributed by atoms with Gasteiger partial charge in [0.1, 0.15) is 5.82 Å². The maximum Gasteiger partial charge on any atom is 0.335 e. The standard InChI is InChI=1S/C19H20FN3O3/c20-15-3-5-16(6-4-15)21-18(24)13-22-9-11-23(12-10-22)17-7-1-14(2-8-17)19(25)26/h1-8H,9-13H2,(H,21,24)(H,25,26). The minimum absolute atomic E-state index is 0.129. The van der Waals surface area contributed by atoms with Crippen LogP contribution in [0.25, 0.3) is 0 Å². The Bertz CT molecular complexity index is 770. The number of hydrogen-bond donors (Lipinski definition) is 2. The Morgan fingerprint density at radius 2 is 1.58 bits per heavy atom. The van der Waals surface area contributed by atoms with Crippen LogP contribution in [0.5, 0.6) is 0 Å². The number of piperazine rings is 1. The van der Waals surface area contributed by atoms with E-state index < -0.39 is 5.97 Å². The molecule has 0 spiro atoms. The van der Waals surface area contributed by atoms with Gasteiger partial charge in [-0.3, -0.25) is 9.69 Å². The average molecular weight is 357 g/mol. The van der Waals surface area contributed by atoms with Crippen molar-refractivity contribution >= 4 is 23.3 Å². The van der Waals surface area contributed by atoms with Crippen molar-refractivity contribution in [1.29, 1.82) is 0 Å². The highest BCUT2D eigenvalue weighted by atomic mass is 19.1. The van der Waals surface area contributed by atoms with Crippen molar-refractivity contribution in [3.63, 3.8) is 0 Å². The lowest BCUT2D eigenvalue weighted by atomic mass is 10.2. The van der Waals surface area contributed by atoms with Crippen LogP contribution in [0.1, 0.15) is 10.4 Å². The predicted octanol–water partition coefficient (Wildman–Crippen LogP) is 2.28. The number of carbonyl (C=O) groups is 2. The van der Waals surface area contributed by atoms with Gasteiger partial charge in [-0.1, -0.05) is 0 Å².